The van der Waals surface area contributed by atoms with Crippen molar-refractivity contribution in [2.24, 2.45) is 5.84 Å². The zero-order valence-electron chi connectivity index (χ0n) is 9.25. The number of ether oxygens (including phenoxy) is 1. The van der Waals surface area contributed by atoms with Gasteiger partial charge in [0.15, 0.2) is 0 Å². The van der Waals surface area contributed by atoms with Crippen molar-refractivity contribution in [3.05, 3.63) is 29.3 Å². The Hall–Kier alpha value is -1.76. The molecule has 18 heavy (non-hydrogen) atoms. The number of carbonyl (C=O) groups excluding carboxylic acids is 1. The Morgan fingerprint density at radius 1 is 1.39 bits per heavy atom. The van der Waals surface area contributed by atoms with E-state index < -0.39 is 18.0 Å². The lowest BCUT2D eigenvalue weighted by Gasteiger charge is -2.12. The molecule has 1 amide bonds. The monoisotopic (exact) mass is 260 g/mol. The van der Waals surface area contributed by atoms with Crippen molar-refractivity contribution < 1.29 is 22.7 Å². The molecule has 2 rings (SSSR count). The van der Waals surface area contributed by atoms with Crippen LogP contribution in [0.4, 0.5) is 13.2 Å². The standard InChI is InChI=1S/C11H11F3N2O2/c12-11(13,14)18-7-3-4-8(6-1-2-6)9(5-7)10(17)16-15/h3-6H,1-2,15H2,(H,16,17). The minimum absolute atomic E-state index is 0.127. The van der Waals surface area contributed by atoms with Crippen molar-refractivity contribution in [2.75, 3.05) is 0 Å². The van der Waals surface area contributed by atoms with Crippen LogP contribution < -0.4 is 16.0 Å². The van der Waals surface area contributed by atoms with Gasteiger partial charge in [-0.3, -0.25) is 10.2 Å². The molecule has 3 N–H and O–H groups in total. The topological polar surface area (TPSA) is 64.3 Å². The number of halogens is 3. The Kier molecular flexibility index (Phi) is 3.16. The number of amides is 1. The maximum Gasteiger partial charge on any atom is 0.573 e. The van der Waals surface area contributed by atoms with Gasteiger partial charge < -0.3 is 4.74 Å². The van der Waals surface area contributed by atoms with Gasteiger partial charge in [0.05, 0.1) is 0 Å². The molecule has 7 heteroatoms. The van der Waals surface area contributed by atoms with Gasteiger partial charge in [0.2, 0.25) is 0 Å². The third-order valence-corrected chi connectivity index (χ3v) is 2.65. The van der Waals surface area contributed by atoms with Crippen LogP contribution in [0.15, 0.2) is 18.2 Å². The molecule has 0 unspecified atom stereocenters. The summed E-state index contributed by atoms with van der Waals surface area (Å²) in [5.74, 6) is 4.18. The Morgan fingerprint density at radius 2 is 2.06 bits per heavy atom. The Labute approximate surface area is 101 Å². The molecular weight excluding hydrogens is 249 g/mol. The summed E-state index contributed by atoms with van der Waals surface area (Å²) in [6.45, 7) is 0. The van der Waals surface area contributed by atoms with E-state index in [0.717, 1.165) is 18.9 Å². The molecule has 1 aliphatic carbocycles. The summed E-state index contributed by atoms with van der Waals surface area (Å²) in [5.41, 5.74) is 2.75. The summed E-state index contributed by atoms with van der Waals surface area (Å²) in [4.78, 5) is 11.5. The normalized spacial score (nSPS) is 15.3. The van der Waals surface area contributed by atoms with Crippen LogP contribution in [0.25, 0.3) is 0 Å². The second-order valence-electron chi connectivity index (χ2n) is 4.04. The van der Waals surface area contributed by atoms with Crippen molar-refractivity contribution in [3.8, 4) is 5.75 Å². The predicted octanol–water partition coefficient (Wildman–Crippen LogP) is 2.07. The molecule has 0 bridgehead atoms. The number of alkyl halides is 3. The average molecular weight is 260 g/mol. The molecule has 0 saturated heterocycles. The SMILES string of the molecule is NNC(=O)c1cc(OC(F)(F)F)ccc1C1CC1. The first kappa shape index (κ1) is 12.7. The fraction of sp³-hybridized carbons (Fsp3) is 0.364. The molecule has 1 aromatic carbocycles. The van der Waals surface area contributed by atoms with Crippen LogP contribution in [0.2, 0.25) is 0 Å². The smallest absolute Gasteiger partial charge is 0.406 e. The molecule has 0 spiro atoms. The van der Waals surface area contributed by atoms with Gasteiger partial charge in [0, 0.05) is 5.56 Å². The van der Waals surface area contributed by atoms with Crippen molar-refractivity contribution in [1.82, 2.24) is 5.43 Å². The molecule has 0 aromatic heterocycles. The van der Waals surface area contributed by atoms with E-state index in [0.29, 0.717) is 5.56 Å². The van der Waals surface area contributed by atoms with E-state index in [1.165, 1.54) is 12.1 Å². The fourth-order valence-electron chi connectivity index (χ4n) is 1.76. The highest BCUT2D eigenvalue weighted by Gasteiger charge is 2.33. The van der Waals surface area contributed by atoms with Crippen molar-refractivity contribution in [1.29, 1.82) is 0 Å². The van der Waals surface area contributed by atoms with Gasteiger partial charge in [-0.2, -0.15) is 0 Å². The second-order valence-corrected chi connectivity index (χ2v) is 4.04. The summed E-state index contributed by atoms with van der Waals surface area (Å²) in [6.07, 6.45) is -2.94. The minimum atomic E-state index is -4.78. The van der Waals surface area contributed by atoms with Gasteiger partial charge >= 0.3 is 6.36 Å². The summed E-state index contributed by atoms with van der Waals surface area (Å²) in [6, 6.07) is 3.74. The summed E-state index contributed by atoms with van der Waals surface area (Å²) < 4.78 is 40.0. The van der Waals surface area contributed by atoms with E-state index in [4.69, 9.17) is 5.84 Å². The second kappa shape index (κ2) is 4.49. The molecule has 1 saturated carbocycles. The third-order valence-electron chi connectivity index (χ3n) is 2.65. The van der Waals surface area contributed by atoms with Crippen LogP contribution >= 0.6 is 0 Å². The molecule has 98 valence electrons. The van der Waals surface area contributed by atoms with Gasteiger partial charge in [-0.1, -0.05) is 6.07 Å². The highest BCUT2D eigenvalue weighted by molar-refractivity contribution is 5.96. The lowest BCUT2D eigenvalue weighted by atomic mass is 10.0. The van der Waals surface area contributed by atoms with Crippen LogP contribution in [0, 0.1) is 0 Å². The largest absolute Gasteiger partial charge is 0.573 e. The first-order valence-corrected chi connectivity index (χ1v) is 5.31. The van der Waals surface area contributed by atoms with E-state index >= 15 is 0 Å². The summed E-state index contributed by atoms with van der Waals surface area (Å²) in [7, 11) is 0. The number of nitrogen functional groups attached to an aromatic ring is 1. The Balaban J connectivity index is 2.32. The first-order chi connectivity index (χ1) is 8.40. The number of benzene rings is 1. The summed E-state index contributed by atoms with van der Waals surface area (Å²) >= 11 is 0. The maximum absolute atomic E-state index is 12.1. The highest BCUT2D eigenvalue weighted by atomic mass is 19.4. The lowest BCUT2D eigenvalue weighted by Crippen LogP contribution is -2.31. The number of rotatable bonds is 3. The zero-order chi connectivity index (χ0) is 13.3. The number of hydrogen-bond donors (Lipinski definition) is 2. The molecule has 0 radical (unpaired) electrons. The van der Waals surface area contributed by atoms with Gasteiger partial charge in [0.25, 0.3) is 5.91 Å². The molecule has 1 fully saturated rings. The van der Waals surface area contributed by atoms with E-state index in [9.17, 15) is 18.0 Å². The van der Waals surface area contributed by atoms with Crippen molar-refractivity contribution >= 4 is 5.91 Å². The lowest BCUT2D eigenvalue weighted by molar-refractivity contribution is -0.274. The van der Waals surface area contributed by atoms with Crippen LogP contribution in [0.1, 0.15) is 34.7 Å². The van der Waals surface area contributed by atoms with Crippen molar-refractivity contribution in [2.45, 2.75) is 25.1 Å². The molecule has 0 heterocycles. The van der Waals surface area contributed by atoms with Crippen LogP contribution in [0.3, 0.4) is 0 Å². The first-order valence-electron chi connectivity index (χ1n) is 5.31. The van der Waals surface area contributed by atoms with Gasteiger partial charge in [0.1, 0.15) is 5.75 Å². The van der Waals surface area contributed by atoms with Crippen molar-refractivity contribution in [3.63, 3.8) is 0 Å². The fourth-order valence-corrected chi connectivity index (χ4v) is 1.76. The summed E-state index contributed by atoms with van der Waals surface area (Å²) in [5, 5.41) is 0. The number of hydrogen-bond acceptors (Lipinski definition) is 3. The molecule has 4 nitrogen and oxygen atoms in total. The Morgan fingerprint density at radius 3 is 2.56 bits per heavy atom. The highest BCUT2D eigenvalue weighted by Crippen LogP contribution is 2.42. The van der Waals surface area contributed by atoms with E-state index in [1.54, 1.807) is 0 Å². The number of nitrogens with one attached hydrogen (secondary N) is 1. The van der Waals surface area contributed by atoms with Gasteiger partial charge in [-0.05, 0) is 36.5 Å². The quantitative estimate of drug-likeness (QED) is 0.496. The minimum Gasteiger partial charge on any atom is -0.406 e. The van der Waals surface area contributed by atoms with Gasteiger partial charge in [-0.15, -0.1) is 13.2 Å². The maximum atomic E-state index is 12.1. The van der Waals surface area contributed by atoms with Gasteiger partial charge in [-0.25, -0.2) is 5.84 Å². The molecular formula is C11H11F3N2O2. The number of hydrazine groups is 1. The van der Waals surface area contributed by atoms with Crippen LogP contribution in [-0.2, 0) is 0 Å². The number of nitrogens with two attached hydrogens (primary N) is 1. The predicted molar refractivity (Wildman–Crippen MR) is 56.8 cm³/mol. The van der Waals surface area contributed by atoms with E-state index in [2.05, 4.69) is 4.74 Å². The average Bonchev–Trinajstić information content (AvgIpc) is 3.09. The van der Waals surface area contributed by atoms with E-state index in [1.807, 2.05) is 5.43 Å². The molecule has 1 aromatic rings. The molecule has 0 aliphatic heterocycles. The van der Waals surface area contributed by atoms with Crippen LogP contribution in [0.5, 0.6) is 5.75 Å². The third kappa shape index (κ3) is 2.92. The van der Waals surface area contributed by atoms with E-state index in [-0.39, 0.29) is 11.5 Å². The molecule has 1 aliphatic rings. The number of carbonyl (C=O) groups is 1. The zero-order valence-corrected chi connectivity index (χ0v) is 9.25. The Bertz CT molecular complexity index is 470. The van der Waals surface area contributed by atoms with Crippen LogP contribution in [-0.4, -0.2) is 12.3 Å². The molecule has 0 atom stereocenters.